The summed E-state index contributed by atoms with van der Waals surface area (Å²) in [4.78, 5) is 24.0. The Balaban J connectivity index is 1.95. The highest BCUT2D eigenvalue weighted by molar-refractivity contribution is 5.97. The Morgan fingerprint density at radius 1 is 1.26 bits per heavy atom. The number of esters is 1. The number of nitrogens with zero attached hydrogens (tertiary/aromatic N) is 1. The molecule has 0 saturated heterocycles. The van der Waals surface area contributed by atoms with Crippen LogP contribution in [0.25, 0.3) is 6.08 Å². The first-order valence-electron chi connectivity index (χ1n) is 7.97. The first-order valence-corrected chi connectivity index (χ1v) is 7.97. The van der Waals surface area contributed by atoms with E-state index in [4.69, 9.17) is 14.7 Å². The molecule has 138 valence electrons. The van der Waals surface area contributed by atoms with Crippen LogP contribution < -0.4 is 10.1 Å². The van der Waals surface area contributed by atoms with Gasteiger partial charge in [0.1, 0.15) is 6.07 Å². The number of hydrogen-bond donors (Lipinski definition) is 1. The van der Waals surface area contributed by atoms with Crippen LogP contribution in [0, 0.1) is 17.1 Å². The average molecular weight is 368 g/mol. The van der Waals surface area contributed by atoms with Gasteiger partial charge < -0.3 is 14.8 Å². The second-order valence-electron chi connectivity index (χ2n) is 5.45. The first kappa shape index (κ1) is 19.7. The van der Waals surface area contributed by atoms with Crippen molar-refractivity contribution >= 4 is 23.6 Å². The van der Waals surface area contributed by atoms with Gasteiger partial charge in [-0.15, -0.1) is 0 Å². The van der Waals surface area contributed by atoms with Gasteiger partial charge in [0.15, 0.2) is 17.7 Å². The molecule has 2 rings (SSSR count). The molecular weight excluding hydrogens is 351 g/mol. The molecule has 0 radical (unpaired) electrons. The van der Waals surface area contributed by atoms with Gasteiger partial charge >= 0.3 is 5.97 Å². The minimum Gasteiger partial charge on any atom is -0.494 e. The summed E-state index contributed by atoms with van der Waals surface area (Å²) >= 11 is 0. The lowest BCUT2D eigenvalue weighted by Gasteiger charge is -2.13. The molecule has 1 amide bonds. The Hall–Kier alpha value is -3.66. The molecule has 0 heterocycles. The summed E-state index contributed by atoms with van der Waals surface area (Å²) < 4.78 is 23.4. The largest absolute Gasteiger partial charge is 0.494 e. The third-order valence-electron chi connectivity index (χ3n) is 3.56. The van der Waals surface area contributed by atoms with Crippen LogP contribution >= 0.6 is 0 Å². The Bertz CT molecular complexity index is 918. The number of benzene rings is 2. The zero-order chi connectivity index (χ0) is 19.8. The van der Waals surface area contributed by atoms with Crippen LogP contribution in [-0.2, 0) is 14.3 Å². The molecule has 0 bridgehead atoms. The number of carbonyl (C=O) groups excluding carboxylic acids is 2. The van der Waals surface area contributed by atoms with Crippen molar-refractivity contribution in [1.29, 1.82) is 5.26 Å². The molecule has 2 aromatic rings. The van der Waals surface area contributed by atoms with E-state index in [1.165, 1.54) is 32.2 Å². The number of ether oxygens (including phenoxy) is 2. The van der Waals surface area contributed by atoms with Gasteiger partial charge in [-0.3, -0.25) is 4.79 Å². The van der Waals surface area contributed by atoms with Crippen molar-refractivity contribution in [2.24, 2.45) is 0 Å². The summed E-state index contributed by atoms with van der Waals surface area (Å²) in [5.41, 5.74) is 1.06. The standard InChI is InChI=1S/C20H17FN2O4/c1-13(20(25)23-17-6-4-3-5-15(17)12-22)27-19(24)10-8-14-7-9-18(26-2)16(21)11-14/h3-11,13H,1-2H3,(H,23,25)/b10-8+/t13-/m1/s1. The monoisotopic (exact) mass is 368 g/mol. The Kier molecular flexibility index (Phi) is 6.67. The highest BCUT2D eigenvalue weighted by Crippen LogP contribution is 2.18. The molecule has 0 unspecified atom stereocenters. The first-order chi connectivity index (χ1) is 12.9. The summed E-state index contributed by atoms with van der Waals surface area (Å²) in [6.07, 6.45) is 1.37. The number of nitriles is 1. The van der Waals surface area contributed by atoms with E-state index in [0.29, 0.717) is 16.8 Å². The third kappa shape index (κ3) is 5.41. The normalized spacial score (nSPS) is 11.5. The average Bonchev–Trinajstić information content (AvgIpc) is 2.66. The molecule has 6 nitrogen and oxygen atoms in total. The van der Waals surface area contributed by atoms with Gasteiger partial charge in [-0.2, -0.15) is 5.26 Å². The molecule has 0 aliphatic heterocycles. The van der Waals surface area contributed by atoms with Crippen LogP contribution in [0.5, 0.6) is 5.75 Å². The van der Waals surface area contributed by atoms with E-state index in [1.807, 2.05) is 6.07 Å². The van der Waals surface area contributed by atoms with Gasteiger partial charge in [-0.1, -0.05) is 18.2 Å². The fourth-order valence-corrected chi connectivity index (χ4v) is 2.14. The lowest BCUT2D eigenvalue weighted by molar-refractivity contribution is -0.148. The zero-order valence-electron chi connectivity index (χ0n) is 14.7. The van der Waals surface area contributed by atoms with Gasteiger partial charge in [-0.25, -0.2) is 9.18 Å². The molecule has 27 heavy (non-hydrogen) atoms. The number of halogens is 1. The number of nitrogens with one attached hydrogen (secondary N) is 1. The van der Waals surface area contributed by atoms with Gasteiger partial charge in [0.2, 0.25) is 0 Å². The van der Waals surface area contributed by atoms with E-state index in [9.17, 15) is 14.0 Å². The number of para-hydroxylation sites is 1. The van der Waals surface area contributed by atoms with Gasteiger partial charge in [0.05, 0.1) is 18.4 Å². The molecule has 7 heteroatoms. The molecule has 0 fully saturated rings. The molecule has 2 aromatic carbocycles. The number of methoxy groups -OCH3 is 1. The summed E-state index contributed by atoms with van der Waals surface area (Å²) in [6, 6.07) is 12.6. The molecule has 0 aromatic heterocycles. The lowest BCUT2D eigenvalue weighted by atomic mass is 10.2. The molecule has 0 saturated carbocycles. The second kappa shape index (κ2) is 9.15. The van der Waals surface area contributed by atoms with Crippen LogP contribution in [0.1, 0.15) is 18.1 Å². The van der Waals surface area contributed by atoms with Gasteiger partial charge in [-0.05, 0) is 42.8 Å². The number of rotatable bonds is 6. The molecule has 0 spiro atoms. The summed E-state index contributed by atoms with van der Waals surface area (Å²) in [6.45, 7) is 1.41. The Labute approximate surface area is 155 Å². The van der Waals surface area contributed by atoms with E-state index < -0.39 is 23.8 Å². The summed E-state index contributed by atoms with van der Waals surface area (Å²) in [7, 11) is 1.35. The fourth-order valence-electron chi connectivity index (χ4n) is 2.14. The Morgan fingerprint density at radius 2 is 2.00 bits per heavy atom. The predicted molar refractivity (Wildman–Crippen MR) is 97.3 cm³/mol. The van der Waals surface area contributed by atoms with Crippen molar-refractivity contribution in [2.45, 2.75) is 13.0 Å². The van der Waals surface area contributed by atoms with Crippen LogP contribution in [-0.4, -0.2) is 25.1 Å². The predicted octanol–water partition coefficient (Wildman–Crippen LogP) is 3.29. The minimum absolute atomic E-state index is 0.0951. The van der Waals surface area contributed by atoms with Crippen molar-refractivity contribution in [3.63, 3.8) is 0 Å². The van der Waals surface area contributed by atoms with E-state index >= 15 is 0 Å². The maximum Gasteiger partial charge on any atom is 0.331 e. The lowest BCUT2D eigenvalue weighted by Crippen LogP contribution is -2.29. The summed E-state index contributed by atoms with van der Waals surface area (Å²) in [5.74, 6) is -1.80. The molecule has 0 aliphatic carbocycles. The van der Waals surface area contributed by atoms with Gasteiger partial charge in [0.25, 0.3) is 5.91 Å². The maximum absolute atomic E-state index is 13.6. The SMILES string of the molecule is COc1ccc(/C=C/C(=O)O[C@H](C)C(=O)Nc2ccccc2C#N)cc1F. The minimum atomic E-state index is -1.08. The number of hydrogen-bond acceptors (Lipinski definition) is 5. The maximum atomic E-state index is 13.6. The van der Waals surface area contributed by atoms with Crippen LogP contribution in [0.15, 0.2) is 48.5 Å². The highest BCUT2D eigenvalue weighted by atomic mass is 19.1. The Morgan fingerprint density at radius 3 is 2.67 bits per heavy atom. The van der Waals surface area contributed by atoms with Crippen molar-refractivity contribution in [2.75, 3.05) is 12.4 Å². The summed E-state index contributed by atoms with van der Waals surface area (Å²) in [5, 5.41) is 11.5. The van der Waals surface area contributed by atoms with Crippen molar-refractivity contribution in [1.82, 2.24) is 0 Å². The number of carbonyl (C=O) groups is 2. The zero-order valence-corrected chi connectivity index (χ0v) is 14.7. The van der Waals surface area contributed by atoms with E-state index in [1.54, 1.807) is 30.3 Å². The van der Waals surface area contributed by atoms with E-state index in [-0.39, 0.29) is 5.75 Å². The highest BCUT2D eigenvalue weighted by Gasteiger charge is 2.17. The number of anilines is 1. The quantitative estimate of drug-likeness (QED) is 0.624. The third-order valence-corrected chi connectivity index (χ3v) is 3.56. The van der Waals surface area contributed by atoms with Gasteiger partial charge in [0, 0.05) is 6.08 Å². The van der Waals surface area contributed by atoms with Crippen LogP contribution in [0.2, 0.25) is 0 Å². The van der Waals surface area contributed by atoms with Crippen molar-refractivity contribution in [3.05, 3.63) is 65.5 Å². The van der Waals surface area contributed by atoms with E-state index in [2.05, 4.69) is 5.32 Å². The molecule has 1 atom stereocenters. The van der Waals surface area contributed by atoms with Crippen LogP contribution in [0.3, 0.4) is 0 Å². The fraction of sp³-hybridized carbons (Fsp3) is 0.150. The topological polar surface area (TPSA) is 88.4 Å². The molecule has 1 N–H and O–H groups in total. The van der Waals surface area contributed by atoms with Crippen molar-refractivity contribution in [3.8, 4) is 11.8 Å². The van der Waals surface area contributed by atoms with Crippen LogP contribution in [0.4, 0.5) is 10.1 Å². The molecular formula is C20H17FN2O4. The smallest absolute Gasteiger partial charge is 0.331 e. The number of amides is 1. The van der Waals surface area contributed by atoms with Crippen molar-refractivity contribution < 1.29 is 23.5 Å². The second-order valence-corrected chi connectivity index (χ2v) is 5.45. The molecule has 0 aliphatic rings. The van der Waals surface area contributed by atoms with E-state index in [0.717, 1.165) is 6.08 Å².